The predicted octanol–water partition coefficient (Wildman–Crippen LogP) is 4.40. The number of aliphatic carboxylic acids is 1. The minimum Gasteiger partial charge on any atom is -0.493 e. The van der Waals surface area contributed by atoms with Crippen molar-refractivity contribution in [2.75, 3.05) is 51.7 Å². The Bertz CT molecular complexity index is 1460. The number of hydrogen-bond acceptors (Lipinski definition) is 7. The number of rotatable bonds is 16. The van der Waals surface area contributed by atoms with Gasteiger partial charge in [-0.2, -0.15) is 0 Å². The molecule has 0 bridgehead atoms. The number of carbonyl (C=O) groups is 4. The quantitative estimate of drug-likeness (QED) is 0.172. The van der Waals surface area contributed by atoms with Gasteiger partial charge < -0.3 is 40.2 Å². The van der Waals surface area contributed by atoms with Crippen LogP contribution in [0.5, 0.6) is 11.5 Å². The molecule has 12 nitrogen and oxygen atoms in total. The zero-order chi connectivity index (χ0) is 32.8. The monoisotopic (exact) mass is 620 g/mol. The Balaban J connectivity index is 1.65. The van der Waals surface area contributed by atoms with E-state index in [9.17, 15) is 24.3 Å². The first-order chi connectivity index (χ1) is 21.6. The molecule has 240 valence electrons. The average molecular weight is 621 g/mol. The van der Waals surface area contributed by atoms with Crippen LogP contribution in [0.2, 0.25) is 0 Å². The SMILES string of the molecule is COCCCN(CC(=O)NC(CC(=O)O)c1ccc(OC)c(OC)c1)C(=O)Cc1ccc(NC(=O)Nc2ccccc2C)cc1. The molecule has 4 amide bonds. The molecule has 0 saturated heterocycles. The highest BCUT2D eigenvalue weighted by atomic mass is 16.5. The van der Waals surface area contributed by atoms with Crippen LogP contribution < -0.4 is 25.4 Å². The smallest absolute Gasteiger partial charge is 0.323 e. The van der Waals surface area contributed by atoms with Crippen molar-refractivity contribution in [1.29, 1.82) is 0 Å². The van der Waals surface area contributed by atoms with Crippen LogP contribution in [0.25, 0.3) is 0 Å². The zero-order valence-electron chi connectivity index (χ0n) is 25.9. The van der Waals surface area contributed by atoms with Gasteiger partial charge in [-0.25, -0.2) is 4.79 Å². The van der Waals surface area contributed by atoms with Gasteiger partial charge in [-0.1, -0.05) is 36.4 Å². The van der Waals surface area contributed by atoms with E-state index < -0.39 is 23.9 Å². The molecule has 0 aromatic heterocycles. The molecule has 0 heterocycles. The molecule has 0 aliphatic rings. The fourth-order valence-corrected chi connectivity index (χ4v) is 4.59. The van der Waals surface area contributed by atoms with E-state index in [1.165, 1.54) is 19.1 Å². The number of carbonyl (C=O) groups excluding carboxylic acids is 3. The number of ether oxygens (including phenoxy) is 3. The van der Waals surface area contributed by atoms with Crippen molar-refractivity contribution in [1.82, 2.24) is 10.2 Å². The third kappa shape index (κ3) is 10.8. The molecule has 3 aromatic carbocycles. The summed E-state index contributed by atoms with van der Waals surface area (Å²) in [5.41, 5.74) is 3.39. The van der Waals surface area contributed by atoms with E-state index in [2.05, 4.69) is 16.0 Å². The van der Waals surface area contributed by atoms with Crippen molar-refractivity contribution in [3.05, 3.63) is 83.4 Å². The molecule has 0 fully saturated rings. The lowest BCUT2D eigenvalue weighted by atomic mass is 10.0. The van der Waals surface area contributed by atoms with Crippen LogP contribution in [0.15, 0.2) is 66.7 Å². The predicted molar refractivity (Wildman–Crippen MR) is 170 cm³/mol. The van der Waals surface area contributed by atoms with Gasteiger partial charge in [0.15, 0.2) is 11.5 Å². The van der Waals surface area contributed by atoms with Crippen LogP contribution in [0.1, 0.15) is 35.6 Å². The number of methoxy groups -OCH3 is 3. The molecule has 4 N–H and O–H groups in total. The molecule has 0 aliphatic carbocycles. The molecule has 0 aliphatic heterocycles. The Morgan fingerprint density at radius 3 is 2.24 bits per heavy atom. The van der Waals surface area contributed by atoms with Gasteiger partial charge in [0.2, 0.25) is 11.8 Å². The molecule has 1 atom stereocenters. The third-order valence-corrected chi connectivity index (χ3v) is 6.95. The van der Waals surface area contributed by atoms with Crippen molar-refractivity contribution in [3.63, 3.8) is 0 Å². The topological polar surface area (TPSA) is 156 Å². The highest BCUT2D eigenvalue weighted by Crippen LogP contribution is 2.31. The second kappa shape index (κ2) is 17.3. The summed E-state index contributed by atoms with van der Waals surface area (Å²) in [5, 5.41) is 17.8. The van der Waals surface area contributed by atoms with Crippen molar-refractivity contribution in [2.24, 2.45) is 0 Å². The van der Waals surface area contributed by atoms with E-state index in [0.717, 1.165) is 5.56 Å². The number of carboxylic acids is 1. The summed E-state index contributed by atoms with van der Waals surface area (Å²) >= 11 is 0. The van der Waals surface area contributed by atoms with Crippen molar-refractivity contribution < 1.29 is 38.5 Å². The number of aryl methyl sites for hydroxylation is 1. The number of amides is 4. The van der Waals surface area contributed by atoms with E-state index in [-0.39, 0.29) is 31.8 Å². The Morgan fingerprint density at radius 2 is 1.60 bits per heavy atom. The molecule has 45 heavy (non-hydrogen) atoms. The normalized spacial score (nSPS) is 11.2. The maximum atomic E-state index is 13.3. The maximum Gasteiger partial charge on any atom is 0.323 e. The average Bonchev–Trinajstić information content (AvgIpc) is 3.01. The van der Waals surface area contributed by atoms with E-state index in [0.29, 0.717) is 47.0 Å². The number of para-hydroxylation sites is 1. The van der Waals surface area contributed by atoms with Crippen LogP contribution in [-0.2, 0) is 25.5 Å². The number of anilines is 2. The Kier molecular flexibility index (Phi) is 13.2. The maximum absolute atomic E-state index is 13.3. The zero-order valence-corrected chi connectivity index (χ0v) is 25.9. The number of hydrogen-bond donors (Lipinski definition) is 4. The molecule has 0 spiro atoms. The first-order valence-corrected chi connectivity index (χ1v) is 14.4. The summed E-state index contributed by atoms with van der Waals surface area (Å²) in [7, 11) is 4.50. The van der Waals surface area contributed by atoms with Gasteiger partial charge in [-0.15, -0.1) is 0 Å². The van der Waals surface area contributed by atoms with Gasteiger partial charge in [-0.05, 0) is 60.4 Å². The van der Waals surface area contributed by atoms with Gasteiger partial charge in [0.25, 0.3) is 0 Å². The fraction of sp³-hybridized carbons (Fsp3) is 0.333. The molecule has 3 rings (SSSR count). The molecular formula is C33H40N4O8. The minimum absolute atomic E-state index is 0.0180. The van der Waals surface area contributed by atoms with Crippen LogP contribution in [0.3, 0.4) is 0 Å². The Labute approximate surface area is 262 Å². The number of urea groups is 1. The third-order valence-electron chi connectivity index (χ3n) is 6.95. The highest BCUT2D eigenvalue weighted by molar-refractivity contribution is 6.00. The number of benzene rings is 3. The lowest BCUT2D eigenvalue weighted by molar-refractivity contribution is -0.139. The Morgan fingerprint density at radius 1 is 0.889 bits per heavy atom. The van der Waals surface area contributed by atoms with Crippen molar-refractivity contribution in [3.8, 4) is 11.5 Å². The summed E-state index contributed by atoms with van der Waals surface area (Å²) in [6.45, 7) is 2.28. The largest absolute Gasteiger partial charge is 0.493 e. The summed E-state index contributed by atoms with van der Waals surface area (Å²) in [6, 6.07) is 17.9. The minimum atomic E-state index is -1.10. The van der Waals surface area contributed by atoms with Gasteiger partial charge in [-0.3, -0.25) is 14.4 Å². The van der Waals surface area contributed by atoms with Gasteiger partial charge >= 0.3 is 12.0 Å². The van der Waals surface area contributed by atoms with Crippen molar-refractivity contribution >= 4 is 35.2 Å². The van der Waals surface area contributed by atoms with Gasteiger partial charge in [0.05, 0.1) is 39.6 Å². The first kappa shape index (κ1) is 34.4. The fourth-order valence-electron chi connectivity index (χ4n) is 4.59. The molecular weight excluding hydrogens is 580 g/mol. The molecule has 12 heteroatoms. The molecule has 0 radical (unpaired) electrons. The highest BCUT2D eigenvalue weighted by Gasteiger charge is 2.23. The molecule has 0 saturated carbocycles. The number of nitrogens with one attached hydrogen (secondary N) is 3. The van der Waals surface area contributed by atoms with Crippen LogP contribution >= 0.6 is 0 Å². The lowest BCUT2D eigenvalue weighted by Crippen LogP contribution is -2.43. The Hall–Kier alpha value is -5.10. The summed E-state index contributed by atoms with van der Waals surface area (Å²) < 4.78 is 15.7. The van der Waals surface area contributed by atoms with E-state index >= 15 is 0 Å². The lowest BCUT2D eigenvalue weighted by Gasteiger charge is -2.25. The second-order valence-electron chi connectivity index (χ2n) is 10.3. The van der Waals surface area contributed by atoms with E-state index in [1.54, 1.807) is 49.6 Å². The second-order valence-corrected chi connectivity index (χ2v) is 10.3. The van der Waals surface area contributed by atoms with Crippen LogP contribution in [-0.4, -0.2) is 74.8 Å². The molecule has 1 unspecified atom stereocenters. The van der Waals surface area contributed by atoms with E-state index in [4.69, 9.17) is 14.2 Å². The summed E-state index contributed by atoms with van der Waals surface area (Å²) in [4.78, 5) is 51.9. The standard InChI is InChI=1S/C33H40N4O8/c1-22-8-5-6-9-26(22)36-33(42)34-25-13-10-23(11-14-25)18-31(39)37(16-7-17-43-2)21-30(38)35-27(20-32(40)41)24-12-15-28(44-3)29(19-24)45-4/h5-6,8-15,19,27H,7,16-18,20-21H2,1-4H3,(H,35,38)(H,40,41)(H2,34,36,42). The van der Waals surface area contributed by atoms with Crippen LogP contribution in [0.4, 0.5) is 16.2 Å². The van der Waals surface area contributed by atoms with Crippen LogP contribution in [0, 0.1) is 6.92 Å². The van der Waals surface area contributed by atoms with Gasteiger partial charge in [0.1, 0.15) is 0 Å². The summed E-state index contributed by atoms with van der Waals surface area (Å²) in [6.07, 6.45) is 0.148. The van der Waals surface area contributed by atoms with Gasteiger partial charge in [0, 0.05) is 31.6 Å². The first-order valence-electron chi connectivity index (χ1n) is 14.4. The summed E-state index contributed by atoms with van der Waals surface area (Å²) in [5.74, 6) is -1.05. The number of nitrogens with zero attached hydrogens (tertiary/aromatic N) is 1. The molecule has 3 aromatic rings. The van der Waals surface area contributed by atoms with E-state index in [1.807, 2.05) is 31.2 Å². The number of carboxylic acid groups (broad SMARTS) is 1. The van der Waals surface area contributed by atoms with Crippen molar-refractivity contribution in [2.45, 2.75) is 32.2 Å².